The van der Waals surface area contributed by atoms with Gasteiger partial charge in [-0.15, -0.1) is 0 Å². The number of rotatable bonds is 6. The lowest BCUT2D eigenvalue weighted by Gasteiger charge is -2.09. The Morgan fingerprint density at radius 3 is 2.41 bits per heavy atom. The highest BCUT2D eigenvalue weighted by molar-refractivity contribution is 6.03. The van der Waals surface area contributed by atoms with Crippen molar-refractivity contribution in [2.24, 2.45) is 0 Å². The van der Waals surface area contributed by atoms with E-state index in [1.807, 2.05) is 19.1 Å². The summed E-state index contributed by atoms with van der Waals surface area (Å²) in [5, 5.41) is 16.0. The number of nitrogens with one attached hydrogen (secondary N) is 1. The summed E-state index contributed by atoms with van der Waals surface area (Å²) >= 11 is 0. The number of nitrogens with zero attached hydrogens (tertiary/aromatic N) is 2. The first-order valence-corrected chi connectivity index (χ1v) is 8.32. The highest BCUT2D eigenvalue weighted by Gasteiger charge is 2.14. The molecule has 0 radical (unpaired) electrons. The Balaban J connectivity index is 1.86. The van der Waals surface area contributed by atoms with E-state index in [2.05, 4.69) is 10.4 Å². The Bertz CT molecular complexity index is 963. The lowest BCUT2D eigenvalue weighted by atomic mass is 10.1. The van der Waals surface area contributed by atoms with Crippen LogP contribution < -0.4 is 5.32 Å². The van der Waals surface area contributed by atoms with E-state index in [-0.39, 0.29) is 24.7 Å². The van der Waals surface area contributed by atoms with Gasteiger partial charge in [0.1, 0.15) is 11.6 Å². The quantitative estimate of drug-likeness (QED) is 0.700. The molecule has 3 aromatic rings. The molecule has 0 unspecified atom stereocenters. The number of amides is 1. The molecule has 2 N–H and O–H groups in total. The Kier molecular flexibility index (Phi) is 5.30. The maximum atomic E-state index is 13.1. The normalized spacial score (nSPS) is 10.6. The van der Waals surface area contributed by atoms with E-state index in [0.717, 1.165) is 11.1 Å². The minimum Gasteiger partial charge on any atom is -0.481 e. The van der Waals surface area contributed by atoms with E-state index in [9.17, 15) is 14.0 Å². The van der Waals surface area contributed by atoms with Gasteiger partial charge in [-0.25, -0.2) is 9.07 Å². The fraction of sp³-hybridized carbons (Fsp3) is 0.150. The average molecular weight is 367 g/mol. The molecule has 0 aliphatic heterocycles. The van der Waals surface area contributed by atoms with E-state index in [1.54, 1.807) is 24.3 Å². The summed E-state index contributed by atoms with van der Waals surface area (Å²) in [5.41, 5.74) is 2.61. The molecule has 1 heterocycles. The van der Waals surface area contributed by atoms with Gasteiger partial charge in [0, 0.05) is 11.6 Å². The van der Waals surface area contributed by atoms with E-state index in [4.69, 9.17) is 5.11 Å². The van der Waals surface area contributed by atoms with E-state index >= 15 is 0 Å². The fourth-order valence-corrected chi connectivity index (χ4v) is 2.59. The van der Waals surface area contributed by atoms with Gasteiger partial charge in [-0.05, 0) is 36.8 Å². The molecule has 7 heteroatoms. The van der Waals surface area contributed by atoms with Crippen LogP contribution in [0.1, 0.15) is 27.2 Å². The van der Waals surface area contributed by atoms with E-state index < -0.39 is 5.97 Å². The summed E-state index contributed by atoms with van der Waals surface area (Å²) in [6.07, 6.45) is -0.260. The number of benzene rings is 2. The van der Waals surface area contributed by atoms with Gasteiger partial charge in [-0.2, -0.15) is 5.10 Å². The number of halogens is 1. The van der Waals surface area contributed by atoms with E-state index in [0.29, 0.717) is 17.1 Å². The zero-order valence-corrected chi connectivity index (χ0v) is 14.6. The van der Waals surface area contributed by atoms with Gasteiger partial charge < -0.3 is 10.4 Å². The van der Waals surface area contributed by atoms with Crippen molar-refractivity contribution in [1.82, 2.24) is 9.78 Å². The molecule has 0 aliphatic carbocycles. The number of carboxylic acids is 1. The summed E-state index contributed by atoms with van der Waals surface area (Å²) in [5.74, 6) is -1.31. The van der Waals surface area contributed by atoms with E-state index in [1.165, 1.54) is 22.9 Å². The molecule has 0 spiro atoms. The van der Waals surface area contributed by atoms with Crippen molar-refractivity contribution < 1.29 is 19.1 Å². The van der Waals surface area contributed by atoms with Crippen LogP contribution in [0.3, 0.4) is 0 Å². The Morgan fingerprint density at radius 1 is 1.11 bits per heavy atom. The third-order valence-electron chi connectivity index (χ3n) is 3.96. The van der Waals surface area contributed by atoms with Gasteiger partial charge >= 0.3 is 5.97 Å². The van der Waals surface area contributed by atoms with Crippen LogP contribution in [0.2, 0.25) is 0 Å². The number of carbonyl (C=O) groups excluding carboxylic acids is 1. The molecular weight excluding hydrogens is 349 g/mol. The minimum atomic E-state index is -1.02. The maximum absolute atomic E-state index is 13.1. The van der Waals surface area contributed by atoms with Crippen molar-refractivity contribution >= 4 is 17.7 Å². The summed E-state index contributed by atoms with van der Waals surface area (Å²) < 4.78 is 14.6. The highest BCUT2D eigenvalue weighted by Crippen LogP contribution is 2.16. The number of carbonyl (C=O) groups is 2. The van der Waals surface area contributed by atoms with Gasteiger partial charge in [0.2, 0.25) is 0 Å². The summed E-state index contributed by atoms with van der Waals surface area (Å²) in [4.78, 5) is 23.5. The Morgan fingerprint density at radius 2 is 1.78 bits per heavy atom. The van der Waals surface area contributed by atoms with Crippen LogP contribution in [0, 0.1) is 12.7 Å². The molecule has 1 aromatic heterocycles. The number of carboxylic acid groups (broad SMARTS) is 1. The number of aryl methyl sites for hydroxylation is 1. The van der Waals surface area contributed by atoms with Crippen LogP contribution in [-0.2, 0) is 17.8 Å². The van der Waals surface area contributed by atoms with Crippen LogP contribution in [0.25, 0.3) is 0 Å². The second kappa shape index (κ2) is 7.82. The molecule has 0 atom stereocenters. The number of hydrogen-bond acceptors (Lipinski definition) is 3. The summed E-state index contributed by atoms with van der Waals surface area (Å²) in [7, 11) is 0. The van der Waals surface area contributed by atoms with Crippen molar-refractivity contribution in [2.75, 3.05) is 5.32 Å². The first kappa shape index (κ1) is 18.3. The SMILES string of the molecule is Cc1ccc(C(=O)Nc2cc(CC(=O)O)nn2Cc2ccc(F)cc2)cc1. The molecule has 0 bridgehead atoms. The van der Waals surface area contributed by atoms with Crippen LogP contribution in [0.4, 0.5) is 10.2 Å². The van der Waals surface area contributed by atoms with Crippen LogP contribution in [-0.4, -0.2) is 26.8 Å². The third-order valence-corrected chi connectivity index (χ3v) is 3.96. The molecule has 0 fully saturated rings. The molecule has 1 amide bonds. The van der Waals surface area contributed by atoms with Crippen LogP contribution in [0.15, 0.2) is 54.6 Å². The zero-order valence-electron chi connectivity index (χ0n) is 14.6. The van der Waals surface area contributed by atoms with Crippen LogP contribution in [0.5, 0.6) is 0 Å². The van der Waals surface area contributed by atoms with Crippen LogP contribution >= 0.6 is 0 Å². The number of hydrogen-bond donors (Lipinski definition) is 2. The Labute approximate surface area is 155 Å². The molecule has 0 saturated carbocycles. The van der Waals surface area contributed by atoms with Crippen molar-refractivity contribution in [3.8, 4) is 0 Å². The largest absolute Gasteiger partial charge is 0.481 e. The summed E-state index contributed by atoms with van der Waals surface area (Å²) in [6, 6.07) is 14.5. The second-order valence-electron chi connectivity index (χ2n) is 6.20. The molecule has 138 valence electrons. The van der Waals surface area contributed by atoms with Gasteiger partial charge in [0.05, 0.1) is 18.7 Å². The molecule has 2 aromatic carbocycles. The topological polar surface area (TPSA) is 84.2 Å². The molecule has 3 rings (SSSR count). The zero-order chi connectivity index (χ0) is 19.4. The van der Waals surface area contributed by atoms with Crippen molar-refractivity contribution in [1.29, 1.82) is 0 Å². The number of aromatic nitrogens is 2. The maximum Gasteiger partial charge on any atom is 0.309 e. The van der Waals surface area contributed by atoms with Gasteiger partial charge in [0.25, 0.3) is 5.91 Å². The van der Waals surface area contributed by atoms with Crippen molar-refractivity contribution in [3.05, 3.63) is 82.8 Å². The number of aliphatic carboxylic acids is 1. The average Bonchev–Trinajstić information content (AvgIpc) is 2.97. The lowest BCUT2D eigenvalue weighted by molar-refractivity contribution is -0.136. The molecule has 0 saturated heterocycles. The molecule has 0 aliphatic rings. The first-order chi connectivity index (χ1) is 12.9. The smallest absolute Gasteiger partial charge is 0.309 e. The minimum absolute atomic E-state index is 0.260. The predicted molar refractivity (Wildman–Crippen MR) is 98.2 cm³/mol. The van der Waals surface area contributed by atoms with Gasteiger partial charge in [-0.1, -0.05) is 29.8 Å². The highest BCUT2D eigenvalue weighted by atomic mass is 19.1. The van der Waals surface area contributed by atoms with Crippen molar-refractivity contribution in [2.45, 2.75) is 19.9 Å². The fourth-order valence-electron chi connectivity index (χ4n) is 2.59. The van der Waals surface area contributed by atoms with Gasteiger partial charge in [0.15, 0.2) is 0 Å². The molecule has 27 heavy (non-hydrogen) atoms. The second-order valence-corrected chi connectivity index (χ2v) is 6.20. The molecule has 6 nitrogen and oxygen atoms in total. The third kappa shape index (κ3) is 4.78. The van der Waals surface area contributed by atoms with Gasteiger partial charge in [-0.3, -0.25) is 9.59 Å². The van der Waals surface area contributed by atoms with Crippen molar-refractivity contribution in [3.63, 3.8) is 0 Å². The first-order valence-electron chi connectivity index (χ1n) is 8.32. The number of anilines is 1. The lowest BCUT2D eigenvalue weighted by Crippen LogP contribution is -2.16. The standard InChI is InChI=1S/C20H18FN3O3/c1-13-2-6-15(7-3-13)20(27)22-18-10-17(11-19(25)26)23-24(18)12-14-4-8-16(21)9-5-14/h2-10H,11-12H2,1H3,(H,22,27)(H,25,26). The molecular formula is C20H18FN3O3. The predicted octanol–water partition coefficient (Wildman–Crippen LogP) is 3.26. The summed E-state index contributed by atoms with van der Waals surface area (Å²) in [6.45, 7) is 2.20. The monoisotopic (exact) mass is 367 g/mol. The Hall–Kier alpha value is -3.48.